The van der Waals surface area contributed by atoms with E-state index in [0.717, 1.165) is 20.8 Å². The van der Waals surface area contributed by atoms with Gasteiger partial charge in [-0.25, -0.2) is 0 Å². The van der Waals surface area contributed by atoms with Gasteiger partial charge in [0.15, 0.2) is 30.4 Å². The van der Waals surface area contributed by atoms with Crippen LogP contribution in [-0.4, -0.2) is 73.6 Å². The third kappa shape index (κ3) is 8.29. The summed E-state index contributed by atoms with van der Waals surface area (Å²) in [6.45, 7) is 5.34. The highest BCUT2D eigenvalue weighted by Gasteiger charge is 2.52. The third-order valence-electron chi connectivity index (χ3n) is 3.69. The summed E-state index contributed by atoms with van der Waals surface area (Å²) >= 11 is 0. The minimum Gasteiger partial charge on any atom is -0.463 e. The first-order chi connectivity index (χ1) is 14.0. The number of esters is 4. The molecule has 0 radical (unpaired) electrons. The van der Waals surface area contributed by atoms with Crippen molar-refractivity contribution in [3.05, 3.63) is 12.2 Å². The van der Waals surface area contributed by atoms with E-state index >= 15 is 0 Å². The van der Waals surface area contributed by atoms with Gasteiger partial charge < -0.3 is 28.4 Å². The molecule has 11 heteroatoms. The molecule has 0 saturated carbocycles. The van der Waals surface area contributed by atoms with Gasteiger partial charge in [-0.3, -0.25) is 24.0 Å². The van der Waals surface area contributed by atoms with Gasteiger partial charge in [0, 0.05) is 27.7 Å². The second-order valence-electron chi connectivity index (χ2n) is 6.34. The summed E-state index contributed by atoms with van der Waals surface area (Å²) in [6.07, 6.45) is -3.70. The van der Waals surface area contributed by atoms with Crippen molar-refractivity contribution in [3.63, 3.8) is 0 Å². The van der Waals surface area contributed by atoms with Crippen molar-refractivity contribution in [3.8, 4) is 0 Å². The molecule has 0 aromatic carbocycles. The minimum absolute atomic E-state index is 0.374. The predicted octanol–water partition coefficient (Wildman–Crippen LogP) is 0.231. The number of carbonyl (C=O) groups is 5. The van der Waals surface area contributed by atoms with Crippen LogP contribution >= 0.6 is 0 Å². The van der Waals surface area contributed by atoms with E-state index in [0.29, 0.717) is 0 Å². The number of ether oxygens (including phenoxy) is 6. The van der Waals surface area contributed by atoms with Gasteiger partial charge in [0.1, 0.15) is 19.3 Å². The highest BCUT2D eigenvalue weighted by Crippen LogP contribution is 2.29. The Hall–Kier alpha value is -2.79. The topological polar surface area (TPSA) is 141 Å². The lowest BCUT2D eigenvalue weighted by molar-refractivity contribution is -0.306. The Morgan fingerprint density at radius 2 is 1.33 bits per heavy atom. The van der Waals surface area contributed by atoms with Crippen LogP contribution in [0, 0.1) is 0 Å². The normalized spacial score (nSPS) is 26.0. The predicted molar refractivity (Wildman–Crippen MR) is 97.7 cm³/mol. The molecule has 0 spiro atoms. The lowest BCUT2D eigenvalue weighted by atomic mass is 9.98. The third-order valence-corrected chi connectivity index (χ3v) is 3.69. The number of ketones is 1. The van der Waals surface area contributed by atoms with Gasteiger partial charge in [-0.15, -0.1) is 0 Å². The Morgan fingerprint density at radius 3 is 1.83 bits per heavy atom. The van der Waals surface area contributed by atoms with E-state index in [1.807, 2.05) is 0 Å². The number of rotatable bonds is 9. The van der Waals surface area contributed by atoms with Gasteiger partial charge in [0.2, 0.25) is 0 Å². The first kappa shape index (κ1) is 25.2. The van der Waals surface area contributed by atoms with Crippen molar-refractivity contribution in [2.24, 2.45) is 0 Å². The Morgan fingerprint density at radius 1 is 0.800 bits per heavy atom. The maximum atomic E-state index is 11.8. The molecule has 1 fully saturated rings. The molecule has 5 atom stereocenters. The average molecular weight is 430 g/mol. The second-order valence-corrected chi connectivity index (χ2v) is 6.34. The first-order valence-electron chi connectivity index (χ1n) is 9.12. The van der Waals surface area contributed by atoms with E-state index < -0.39 is 67.0 Å². The van der Waals surface area contributed by atoms with Gasteiger partial charge in [-0.1, -0.05) is 6.08 Å². The van der Waals surface area contributed by atoms with Gasteiger partial charge in [-0.2, -0.15) is 0 Å². The number of hydrogen-bond acceptors (Lipinski definition) is 11. The zero-order valence-corrected chi connectivity index (χ0v) is 17.4. The Balaban J connectivity index is 3.26. The number of hydrogen-bond donors (Lipinski definition) is 0. The summed E-state index contributed by atoms with van der Waals surface area (Å²) in [6, 6.07) is 0. The molecular formula is C19H26O11. The minimum atomic E-state index is -1.38. The molecule has 0 aromatic heterocycles. The van der Waals surface area contributed by atoms with Gasteiger partial charge in [0.25, 0.3) is 0 Å². The highest BCUT2D eigenvalue weighted by atomic mass is 16.7. The van der Waals surface area contributed by atoms with E-state index in [4.69, 9.17) is 28.4 Å². The van der Waals surface area contributed by atoms with Crippen LogP contribution in [0.25, 0.3) is 0 Å². The summed E-state index contributed by atoms with van der Waals surface area (Å²) < 4.78 is 31.7. The van der Waals surface area contributed by atoms with Crippen molar-refractivity contribution >= 4 is 29.7 Å². The van der Waals surface area contributed by atoms with Crippen molar-refractivity contribution in [1.29, 1.82) is 0 Å². The Bertz CT molecular complexity index is 684. The monoisotopic (exact) mass is 430 g/mol. The summed E-state index contributed by atoms with van der Waals surface area (Å²) in [4.78, 5) is 57.9. The van der Waals surface area contributed by atoms with Crippen molar-refractivity contribution in [2.45, 2.75) is 65.3 Å². The fourth-order valence-electron chi connectivity index (χ4n) is 2.72. The van der Waals surface area contributed by atoms with E-state index in [9.17, 15) is 24.0 Å². The fraction of sp³-hybridized carbons (Fsp3) is 0.632. The summed E-state index contributed by atoms with van der Waals surface area (Å²) in [7, 11) is 0. The average Bonchev–Trinajstić information content (AvgIpc) is 2.61. The van der Waals surface area contributed by atoms with E-state index in [-0.39, 0.29) is 6.61 Å². The molecule has 0 N–H and O–H groups in total. The molecule has 0 unspecified atom stereocenters. The Labute approximate surface area is 173 Å². The van der Waals surface area contributed by atoms with E-state index in [1.54, 1.807) is 6.92 Å². The number of allylic oxidation sites excluding steroid dienone is 1. The highest BCUT2D eigenvalue weighted by molar-refractivity contribution is 5.90. The first-order valence-corrected chi connectivity index (χ1v) is 9.12. The van der Waals surface area contributed by atoms with Gasteiger partial charge >= 0.3 is 23.9 Å². The molecule has 1 aliphatic heterocycles. The summed E-state index contributed by atoms with van der Waals surface area (Å²) in [5, 5.41) is 0. The van der Waals surface area contributed by atoms with E-state index in [1.165, 1.54) is 19.1 Å². The van der Waals surface area contributed by atoms with Crippen LogP contribution in [0.1, 0.15) is 34.6 Å². The molecule has 0 bridgehead atoms. The Kier molecular flexibility index (Phi) is 10.1. The van der Waals surface area contributed by atoms with Crippen LogP contribution in [0.2, 0.25) is 0 Å². The SMILES string of the molecule is C/C=C\C(=O)CO[C@@H]1O[C@H](COC(C)=O)[C@@H](OC(C)=O)[C@H](OC(C)=O)[C@H]1OC(C)=O. The molecular weight excluding hydrogens is 404 g/mol. The standard InChI is InChI=1S/C19H26O11/c1-6-7-14(24)8-26-19-18(29-13(5)23)17(28-12(4)22)16(27-11(3)21)15(30-19)9-25-10(2)20/h6-7,15-19H,8-9H2,1-5H3/b7-6-/t15-,16-,17+,18-,19-/m1/s1. The van der Waals surface area contributed by atoms with Gasteiger partial charge in [-0.05, 0) is 13.0 Å². The van der Waals surface area contributed by atoms with Crippen LogP contribution in [0.3, 0.4) is 0 Å². The molecule has 30 heavy (non-hydrogen) atoms. The molecule has 0 aliphatic carbocycles. The van der Waals surface area contributed by atoms with Crippen molar-refractivity contribution in [2.75, 3.05) is 13.2 Å². The summed E-state index contributed by atoms with van der Waals surface area (Å²) in [5.41, 5.74) is 0. The molecule has 0 aromatic rings. The van der Waals surface area contributed by atoms with Crippen molar-refractivity contribution < 1.29 is 52.4 Å². The quantitative estimate of drug-likeness (QED) is 0.282. The fourth-order valence-corrected chi connectivity index (χ4v) is 2.72. The summed E-state index contributed by atoms with van der Waals surface area (Å²) in [5.74, 6) is -3.28. The maximum absolute atomic E-state index is 11.8. The molecule has 11 nitrogen and oxygen atoms in total. The molecule has 1 aliphatic rings. The van der Waals surface area contributed by atoms with Crippen LogP contribution < -0.4 is 0 Å². The smallest absolute Gasteiger partial charge is 0.303 e. The zero-order chi connectivity index (χ0) is 22.8. The van der Waals surface area contributed by atoms with Crippen LogP contribution in [0.4, 0.5) is 0 Å². The molecule has 0 amide bonds. The van der Waals surface area contributed by atoms with E-state index in [2.05, 4.69) is 0 Å². The zero-order valence-electron chi connectivity index (χ0n) is 17.4. The van der Waals surface area contributed by atoms with Crippen LogP contribution in [0.15, 0.2) is 12.2 Å². The molecule has 1 saturated heterocycles. The van der Waals surface area contributed by atoms with Crippen LogP contribution in [-0.2, 0) is 52.4 Å². The largest absolute Gasteiger partial charge is 0.463 e. The molecule has 168 valence electrons. The van der Waals surface area contributed by atoms with Crippen molar-refractivity contribution in [1.82, 2.24) is 0 Å². The van der Waals surface area contributed by atoms with Crippen LogP contribution in [0.5, 0.6) is 0 Å². The van der Waals surface area contributed by atoms with Gasteiger partial charge in [0.05, 0.1) is 0 Å². The maximum Gasteiger partial charge on any atom is 0.303 e. The molecule has 1 rings (SSSR count). The lowest BCUT2D eigenvalue weighted by Gasteiger charge is -2.43. The second kappa shape index (κ2) is 12.0. The molecule has 1 heterocycles. The number of carbonyl (C=O) groups excluding carboxylic acids is 5. The lowest BCUT2D eigenvalue weighted by Crippen LogP contribution is -2.63.